The normalized spacial score (nSPS) is 11.9. The fourth-order valence-corrected chi connectivity index (χ4v) is 3.70. The Morgan fingerprint density at radius 3 is 2.62 bits per heavy atom. The fourth-order valence-electron chi connectivity index (χ4n) is 3.70. The third-order valence-electron chi connectivity index (χ3n) is 5.21. The zero-order chi connectivity index (χ0) is 20.1. The molecular weight excluding hydrogens is 360 g/mol. The molecule has 0 spiro atoms. The van der Waals surface area contributed by atoms with E-state index in [0.29, 0.717) is 13.0 Å². The summed E-state index contributed by atoms with van der Waals surface area (Å²) >= 11 is 0. The Labute approximate surface area is 170 Å². The number of nitrogens with one attached hydrogen (secondary N) is 2. The van der Waals surface area contributed by atoms with Gasteiger partial charge in [0.1, 0.15) is 5.75 Å². The monoisotopic (exact) mass is 384 g/mol. The molecule has 1 atom stereocenters. The molecule has 2 N–H and O–H groups in total. The van der Waals surface area contributed by atoms with Gasteiger partial charge >= 0.3 is 0 Å². The topological polar surface area (TPSA) is 54.1 Å². The van der Waals surface area contributed by atoms with Gasteiger partial charge in [-0.1, -0.05) is 60.7 Å². The van der Waals surface area contributed by atoms with Crippen LogP contribution in [-0.4, -0.2) is 18.0 Å². The van der Waals surface area contributed by atoms with Crippen molar-refractivity contribution in [2.45, 2.75) is 18.9 Å². The minimum atomic E-state index is -0.0722. The lowest BCUT2D eigenvalue weighted by Crippen LogP contribution is -2.25. The molecule has 0 radical (unpaired) electrons. The lowest BCUT2D eigenvalue weighted by molar-refractivity contribution is -0.121. The number of aromatic nitrogens is 1. The predicted molar refractivity (Wildman–Crippen MR) is 116 cm³/mol. The van der Waals surface area contributed by atoms with Crippen LogP contribution in [-0.2, 0) is 11.3 Å². The Hall–Kier alpha value is -3.53. The van der Waals surface area contributed by atoms with E-state index in [2.05, 4.69) is 28.5 Å². The molecule has 0 bridgehead atoms. The van der Waals surface area contributed by atoms with Gasteiger partial charge in [0.05, 0.1) is 7.11 Å². The van der Waals surface area contributed by atoms with Gasteiger partial charge in [0.15, 0.2) is 0 Å². The highest BCUT2D eigenvalue weighted by atomic mass is 16.5. The van der Waals surface area contributed by atoms with Crippen molar-refractivity contribution in [1.29, 1.82) is 0 Å². The SMILES string of the molecule is COc1cccc([C@@H](CC(=O)NCc2ccccc2)c2c[nH]c3ccccc23)c1. The van der Waals surface area contributed by atoms with Gasteiger partial charge in [0.2, 0.25) is 5.91 Å². The Morgan fingerprint density at radius 2 is 1.79 bits per heavy atom. The van der Waals surface area contributed by atoms with Gasteiger partial charge in [-0.15, -0.1) is 0 Å². The van der Waals surface area contributed by atoms with E-state index in [1.807, 2.05) is 66.9 Å². The van der Waals surface area contributed by atoms with Crippen molar-refractivity contribution in [3.05, 3.63) is 102 Å². The summed E-state index contributed by atoms with van der Waals surface area (Å²) in [6, 6.07) is 26.1. The van der Waals surface area contributed by atoms with Gasteiger partial charge in [-0.05, 0) is 34.9 Å². The second-order valence-electron chi connectivity index (χ2n) is 7.09. The van der Waals surface area contributed by atoms with Crippen LogP contribution in [0.2, 0.25) is 0 Å². The Morgan fingerprint density at radius 1 is 1.00 bits per heavy atom. The molecule has 0 saturated carbocycles. The molecule has 1 aromatic heterocycles. The summed E-state index contributed by atoms with van der Waals surface area (Å²) in [5.74, 6) is 0.737. The number of fused-ring (bicyclic) bond motifs is 1. The van der Waals surface area contributed by atoms with Crippen molar-refractivity contribution < 1.29 is 9.53 Å². The van der Waals surface area contributed by atoms with E-state index in [4.69, 9.17) is 4.74 Å². The first-order valence-corrected chi connectivity index (χ1v) is 9.75. The molecule has 0 aliphatic rings. The van der Waals surface area contributed by atoms with Gasteiger partial charge < -0.3 is 15.0 Å². The Kier molecular flexibility index (Phi) is 5.61. The van der Waals surface area contributed by atoms with E-state index >= 15 is 0 Å². The molecule has 4 nitrogen and oxygen atoms in total. The molecule has 146 valence electrons. The first-order chi connectivity index (χ1) is 14.2. The van der Waals surface area contributed by atoms with E-state index in [-0.39, 0.29) is 11.8 Å². The second kappa shape index (κ2) is 8.65. The maximum absolute atomic E-state index is 12.8. The highest BCUT2D eigenvalue weighted by molar-refractivity contribution is 5.86. The van der Waals surface area contributed by atoms with Crippen LogP contribution in [0.25, 0.3) is 10.9 Å². The third kappa shape index (κ3) is 4.32. The zero-order valence-corrected chi connectivity index (χ0v) is 16.4. The number of amides is 1. The van der Waals surface area contributed by atoms with Crippen molar-refractivity contribution in [3.8, 4) is 5.75 Å². The molecule has 3 aromatic carbocycles. The standard InChI is InChI=1S/C25H24N2O2/c1-29-20-11-7-10-19(14-20)22(23-17-26-24-13-6-5-12-21(23)24)15-25(28)27-16-18-8-3-2-4-9-18/h2-14,17,22,26H,15-16H2,1H3,(H,27,28)/t22-/m1/s1. The van der Waals surface area contributed by atoms with Crippen molar-refractivity contribution in [1.82, 2.24) is 10.3 Å². The lowest BCUT2D eigenvalue weighted by atomic mass is 9.88. The molecule has 0 aliphatic carbocycles. The van der Waals surface area contributed by atoms with Gasteiger partial charge in [0, 0.05) is 36.0 Å². The van der Waals surface area contributed by atoms with Crippen molar-refractivity contribution in [2.75, 3.05) is 7.11 Å². The third-order valence-corrected chi connectivity index (χ3v) is 5.21. The number of aromatic amines is 1. The van der Waals surface area contributed by atoms with E-state index in [1.165, 1.54) is 0 Å². The highest BCUT2D eigenvalue weighted by Gasteiger charge is 2.22. The van der Waals surface area contributed by atoms with Gasteiger partial charge in [-0.2, -0.15) is 0 Å². The molecule has 29 heavy (non-hydrogen) atoms. The zero-order valence-electron chi connectivity index (χ0n) is 16.4. The van der Waals surface area contributed by atoms with Crippen LogP contribution in [0, 0.1) is 0 Å². The number of carbonyl (C=O) groups excluding carboxylic acids is 1. The van der Waals surface area contributed by atoms with E-state index < -0.39 is 0 Å². The number of benzene rings is 3. The summed E-state index contributed by atoms with van der Waals surface area (Å²) in [7, 11) is 1.66. The summed E-state index contributed by atoms with van der Waals surface area (Å²) in [6.45, 7) is 0.526. The summed E-state index contributed by atoms with van der Waals surface area (Å²) < 4.78 is 5.41. The number of carbonyl (C=O) groups is 1. The number of methoxy groups -OCH3 is 1. The first kappa shape index (κ1) is 18.8. The molecule has 1 heterocycles. The summed E-state index contributed by atoms with van der Waals surface area (Å²) in [5.41, 5.74) is 4.33. The van der Waals surface area contributed by atoms with E-state index in [0.717, 1.165) is 33.3 Å². The maximum atomic E-state index is 12.8. The van der Waals surface area contributed by atoms with Crippen LogP contribution >= 0.6 is 0 Å². The number of rotatable bonds is 7. The van der Waals surface area contributed by atoms with E-state index in [1.54, 1.807) is 7.11 Å². The second-order valence-corrected chi connectivity index (χ2v) is 7.09. The Balaban J connectivity index is 1.62. The van der Waals surface area contributed by atoms with Gasteiger partial charge in [-0.25, -0.2) is 0 Å². The van der Waals surface area contributed by atoms with Gasteiger partial charge in [-0.3, -0.25) is 4.79 Å². The minimum Gasteiger partial charge on any atom is -0.497 e. The molecule has 1 amide bonds. The van der Waals surface area contributed by atoms with E-state index in [9.17, 15) is 4.79 Å². The molecule has 0 aliphatic heterocycles. The average molecular weight is 384 g/mol. The Bertz CT molecular complexity index is 1100. The number of ether oxygens (including phenoxy) is 1. The minimum absolute atomic E-state index is 0.0203. The molecular formula is C25H24N2O2. The predicted octanol–water partition coefficient (Wildman–Crippen LogP) is 5.01. The largest absolute Gasteiger partial charge is 0.497 e. The van der Waals surface area contributed by atoms with Gasteiger partial charge in [0.25, 0.3) is 0 Å². The average Bonchev–Trinajstić information content (AvgIpc) is 3.21. The number of H-pyrrole nitrogens is 1. The smallest absolute Gasteiger partial charge is 0.221 e. The first-order valence-electron chi connectivity index (χ1n) is 9.75. The molecule has 0 unspecified atom stereocenters. The lowest BCUT2D eigenvalue weighted by Gasteiger charge is -2.18. The fraction of sp³-hybridized carbons (Fsp3) is 0.160. The van der Waals surface area contributed by atoms with Crippen LogP contribution in [0.15, 0.2) is 85.1 Å². The molecule has 0 saturated heterocycles. The quantitative estimate of drug-likeness (QED) is 0.470. The van der Waals surface area contributed by atoms with Crippen LogP contribution in [0.3, 0.4) is 0 Å². The van der Waals surface area contributed by atoms with Crippen molar-refractivity contribution in [2.24, 2.45) is 0 Å². The van der Waals surface area contributed by atoms with Crippen LogP contribution in [0.4, 0.5) is 0 Å². The summed E-state index contributed by atoms with van der Waals surface area (Å²) in [6.07, 6.45) is 2.38. The summed E-state index contributed by atoms with van der Waals surface area (Å²) in [4.78, 5) is 16.2. The van der Waals surface area contributed by atoms with Crippen LogP contribution < -0.4 is 10.1 Å². The molecule has 4 heteroatoms. The number of para-hydroxylation sites is 1. The molecule has 0 fully saturated rings. The number of hydrogen-bond donors (Lipinski definition) is 2. The molecule has 4 rings (SSSR count). The molecule has 4 aromatic rings. The summed E-state index contributed by atoms with van der Waals surface area (Å²) in [5, 5.41) is 4.19. The van der Waals surface area contributed by atoms with Crippen LogP contribution in [0.1, 0.15) is 29.0 Å². The van der Waals surface area contributed by atoms with Crippen LogP contribution in [0.5, 0.6) is 5.75 Å². The highest BCUT2D eigenvalue weighted by Crippen LogP contribution is 2.34. The maximum Gasteiger partial charge on any atom is 0.221 e. The van der Waals surface area contributed by atoms with Crippen molar-refractivity contribution in [3.63, 3.8) is 0 Å². The van der Waals surface area contributed by atoms with Crippen molar-refractivity contribution >= 4 is 16.8 Å². The number of hydrogen-bond acceptors (Lipinski definition) is 2.